The van der Waals surface area contributed by atoms with Crippen LogP contribution in [-0.4, -0.2) is 42.4 Å². The second-order valence-electron chi connectivity index (χ2n) is 8.73. The molecule has 3 aromatic rings. The highest BCUT2D eigenvalue weighted by Gasteiger charge is 2.20. The molecule has 5 rings (SSSR count). The number of ether oxygens (including phenoxy) is 1. The number of benzene rings is 2. The summed E-state index contributed by atoms with van der Waals surface area (Å²) in [5.41, 5.74) is 4.82. The van der Waals surface area contributed by atoms with E-state index in [0.29, 0.717) is 28.2 Å². The second-order valence-corrected chi connectivity index (χ2v) is 9.58. The molecule has 2 saturated heterocycles. The molecule has 1 N–H and O–H groups in total. The molecule has 0 atom stereocenters. The molecule has 7 nitrogen and oxygen atoms in total. The van der Waals surface area contributed by atoms with E-state index < -0.39 is 0 Å². The van der Waals surface area contributed by atoms with Crippen LogP contribution < -0.4 is 20.0 Å². The van der Waals surface area contributed by atoms with Crippen LogP contribution in [0.3, 0.4) is 0 Å². The molecule has 0 radical (unpaired) electrons. The number of halogens is 2. The first-order valence-electron chi connectivity index (χ1n) is 12.0. The summed E-state index contributed by atoms with van der Waals surface area (Å²) < 4.78 is 6.03. The van der Waals surface area contributed by atoms with Crippen LogP contribution in [0.25, 0.3) is 0 Å². The standard InChI is InChI=1S/C26H28Cl2N6O/c27-21-10-9-20(22(28)15-21)18-35-23-8-2-1-7-19(23)17-29-32-24-16-25(33-11-3-4-12-33)31-26(30-24)34-13-5-6-14-34/h1-2,7-10,15-17H,3-6,11-14,18H2,(H,30,31,32)/b29-17+. The van der Waals surface area contributed by atoms with Gasteiger partial charge in [0.25, 0.3) is 0 Å². The highest BCUT2D eigenvalue weighted by Crippen LogP contribution is 2.26. The number of nitrogens with one attached hydrogen (secondary N) is 1. The molecule has 2 aliphatic heterocycles. The van der Waals surface area contributed by atoms with Crippen molar-refractivity contribution >= 4 is 47.0 Å². The van der Waals surface area contributed by atoms with E-state index >= 15 is 0 Å². The average Bonchev–Trinajstić information content (AvgIpc) is 3.59. The molecule has 0 amide bonds. The van der Waals surface area contributed by atoms with Crippen LogP contribution in [0.5, 0.6) is 5.75 Å². The minimum atomic E-state index is 0.332. The fraction of sp³-hybridized carbons (Fsp3) is 0.346. The summed E-state index contributed by atoms with van der Waals surface area (Å²) in [7, 11) is 0. The highest BCUT2D eigenvalue weighted by molar-refractivity contribution is 6.35. The van der Waals surface area contributed by atoms with Crippen molar-refractivity contribution in [3.63, 3.8) is 0 Å². The molecule has 2 aromatic carbocycles. The van der Waals surface area contributed by atoms with Gasteiger partial charge < -0.3 is 14.5 Å². The van der Waals surface area contributed by atoms with E-state index in [4.69, 9.17) is 37.9 Å². The average molecular weight is 511 g/mol. The van der Waals surface area contributed by atoms with E-state index in [9.17, 15) is 0 Å². The van der Waals surface area contributed by atoms with Gasteiger partial charge in [-0.05, 0) is 49.9 Å². The molecule has 35 heavy (non-hydrogen) atoms. The van der Waals surface area contributed by atoms with E-state index in [0.717, 1.165) is 49.1 Å². The Kier molecular flexibility index (Phi) is 7.54. The van der Waals surface area contributed by atoms with Crippen molar-refractivity contribution in [2.24, 2.45) is 5.10 Å². The SMILES string of the molecule is Clc1ccc(COc2ccccc2/C=N/Nc2cc(N3CCCC3)nc(N3CCCC3)n2)c(Cl)c1. The Morgan fingerprint density at radius 3 is 2.43 bits per heavy atom. The molecule has 0 bridgehead atoms. The first-order chi connectivity index (χ1) is 17.2. The molecule has 0 unspecified atom stereocenters. The van der Waals surface area contributed by atoms with Crippen LogP contribution in [0.1, 0.15) is 36.8 Å². The molecule has 0 spiro atoms. The lowest BCUT2D eigenvalue weighted by atomic mass is 10.2. The third-order valence-electron chi connectivity index (χ3n) is 6.22. The number of hydrazone groups is 1. The normalized spacial score (nSPS) is 15.8. The Morgan fingerprint density at radius 2 is 1.66 bits per heavy atom. The van der Waals surface area contributed by atoms with Gasteiger partial charge in [-0.3, -0.25) is 5.43 Å². The molecular formula is C26H28Cl2N6O. The number of hydrogen-bond acceptors (Lipinski definition) is 7. The third-order valence-corrected chi connectivity index (χ3v) is 6.81. The Labute approximate surface area is 215 Å². The molecule has 0 aliphatic carbocycles. The third kappa shape index (κ3) is 5.97. The summed E-state index contributed by atoms with van der Waals surface area (Å²) >= 11 is 12.3. The maximum Gasteiger partial charge on any atom is 0.229 e. The number of rotatable bonds is 8. The lowest BCUT2D eigenvalue weighted by molar-refractivity contribution is 0.306. The molecule has 2 fully saturated rings. The van der Waals surface area contributed by atoms with Crippen LogP contribution >= 0.6 is 23.2 Å². The zero-order valence-corrected chi connectivity index (χ0v) is 21.0. The van der Waals surface area contributed by atoms with Crippen molar-refractivity contribution in [2.75, 3.05) is 41.4 Å². The zero-order valence-electron chi connectivity index (χ0n) is 19.5. The van der Waals surface area contributed by atoms with Crippen LogP contribution in [0.4, 0.5) is 17.6 Å². The van der Waals surface area contributed by atoms with Gasteiger partial charge in [-0.25, -0.2) is 0 Å². The highest BCUT2D eigenvalue weighted by atomic mass is 35.5. The van der Waals surface area contributed by atoms with Crippen molar-refractivity contribution in [3.8, 4) is 5.75 Å². The first kappa shape index (κ1) is 23.7. The summed E-state index contributed by atoms with van der Waals surface area (Å²) in [6, 6.07) is 15.1. The lowest BCUT2D eigenvalue weighted by Gasteiger charge is -2.21. The number of anilines is 3. The van der Waals surface area contributed by atoms with Gasteiger partial charge in [0.15, 0.2) is 5.82 Å². The minimum Gasteiger partial charge on any atom is -0.488 e. The van der Waals surface area contributed by atoms with Gasteiger partial charge in [-0.2, -0.15) is 15.1 Å². The van der Waals surface area contributed by atoms with E-state index in [1.54, 1.807) is 18.3 Å². The van der Waals surface area contributed by atoms with E-state index in [1.165, 1.54) is 25.7 Å². The summed E-state index contributed by atoms with van der Waals surface area (Å²) in [5, 5.41) is 5.65. The Morgan fingerprint density at radius 1 is 0.914 bits per heavy atom. The monoisotopic (exact) mass is 510 g/mol. The van der Waals surface area contributed by atoms with E-state index in [-0.39, 0.29) is 0 Å². The van der Waals surface area contributed by atoms with Crippen LogP contribution in [0.2, 0.25) is 10.0 Å². The Balaban J connectivity index is 1.30. The Bertz CT molecular complexity index is 1160. The summed E-state index contributed by atoms with van der Waals surface area (Å²) in [6.45, 7) is 4.38. The topological polar surface area (TPSA) is 65.9 Å². The van der Waals surface area contributed by atoms with Crippen molar-refractivity contribution in [3.05, 3.63) is 69.7 Å². The number of aromatic nitrogens is 2. The van der Waals surface area contributed by atoms with Crippen LogP contribution in [0.15, 0.2) is 53.6 Å². The van der Waals surface area contributed by atoms with Gasteiger partial charge in [0.05, 0.1) is 6.21 Å². The van der Waals surface area contributed by atoms with Gasteiger partial charge in [0.2, 0.25) is 5.95 Å². The van der Waals surface area contributed by atoms with Crippen molar-refractivity contribution in [2.45, 2.75) is 32.3 Å². The summed E-state index contributed by atoms with van der Waals surface area (Å²) in [5.74, 6) is 3.13. The van der Waals surface area contributed by atoms with Gasteiger partial charge in [-0.15, -0.1) is 0 Å². The fourth-order valence-corrected chi connectivity index (χ4v) is 4.79. The van der Waals surface area contributed by atoms with Crippen molar-refractivity contribution in [1.29, 1.82) is 0 Å². The molecule has 9 heteroatoms. The number of nitrogens with zero attached hydrogens (tertiary/aromatic N) is 5. The quantitative estimate of drug-likeness (QED) is 0.295. The lowest BCUT2D eigenvalue weighted by Crippen LogP contribution is -2.24. The van der Waals surface area contributed by atoms with Gasteiger partial charge in [0, 0.05) is 53.4 Å². The molecular weight excluding hydrogens is 483 g/mol. The van der Waals surface area contributed by atoms with Crippen molar-refractivity contribution in [1.82, 2.24) is 9.97 Å². The van der Waals surface area contributed by atoms with Gasteiger partial charge >= 0.3 is 0 Å². The fourth-order valence-electron chi connectivity index (χ4n) is 4.33. The van der Waals surface area contributed by atoms with E-state index in [2.05, 4.69) is 20.3 Å². The number of para-hydroxylation sites is 1. The molecule has 1 aromatic heterocycles. The van der Waals surface area contributed by atoms with Crippen molar-refractivity contribution < 1.29 is 4.74 Å². The van der Waals surface area contributed by atoms with E-state index in [1.807, 2.05) is 36.4 Å². The smallest absolute Gasteiger partial charge is 0.229 e. The minimum absolute atomic E-state index is 0.332. The molecule has 182 valence electrons. The maximum atomic E-state index is 6.29. The summed E-state index contributed by atoms with van der Waals surface area (Å²) in [6.07, 6.45) is 6.49. The van der Waals surface area contributed by atoms with Crippen LogP contribution in [-0.2, 0) is 6.61 Å². The molecule has 3 heterocycles. The van der Waals surface area contributed by atoms with Gasteiger partial charge in [0.1, 0.15) is 18.2 Å². The maximum absolute atomic E-state index is 6.29. The molecule has 0 saturated carbocycles. The number of hydrogen-bond donors (Lipinski definition) is 1. The first-order valence-corrected chi connectivity index (χ1v) is 12.8. The Hall–Kier alpha value is -3.03. The summed E-state index contributed by atoms with van der Waals surface area (Å²) in [4.78, 5) is 14.2. The predicted molar refractivity (Wildman–Crippen MR) is 143 cm³/mol. The predicted octanol–water partition coefficient (Wildman–Crippen LogP) is 6.01. The molecule has 2 aliphatic rings. The second kappa shape index (κ2) is 11.1. The van der Waals surface area contributed by atoms with Crippen LogP contribution in [0, 0.1) is 0 Å². The van der Waals surface area contributed by atoms with Gasteiger partial charge in [-0.1, -0.05) is 41.4 Å². The zero-order chi connectivity index (χ0) is 24.0. The largest absolute Gasteiger partial charge is 0.488 e.